The van der Waals surface area contributed by atoms with Gasteiger partial charge in [-0.05, 0) is 0 Å². The Morgan fingerprint density at radius 2 is 1.33 bits per heavy atom. The summed E-state index contributed by atoms with van der Waals surface area (Å²) in [7, 11) is 0. The maximum atomic E-state index is 10.3. The molecule has 7 heteroatoms. The van der Waals surface area contributed by atoms with Crippen LogP contribution in [0.3, 0.4) is 0 Å². The molecule has 0 aliphatic carbocycles. The van der Waals surface area contributed by atoms with Crippen molar-refractivity contribution in [3.05, 3.63) is 23.7 Å². The number of aliphatic hydroxyl groups excluding tert-OH is 2. The fourth-order valence-corrected chi connectivity index (χ4v) is 0.628. The molecule has 0 aliphatic heterocycles. The van der Waals surface area contributed by atoms with E-state index < -0.39 is 11.9 Å². The van der Waals surface area contributed by atoms with Crippen LogP contribution in [0, 0.1) is 0 Å². The van der Waals surface area contributed by atoms with E-state index in [0.717, 1.165) is 12.5 Å². The fourth-order valence-electron chi connectivity index (χ4n) is 0.628. The molecular formula is C8H10O7. The standard InChI is InChI=1S/C6H4O5.C2H6O2/c7-5(8)3-1-11-2-4(3)6(9)10;3-1-2-4/h1-2H,(H,7,8)(H,9,10);3-4H,1-2H2. The highest BCUT2D eigenvalue weighted by Gasteiger charge is 2.17. The summed E-state index contributed by atoms with van der Waals surface area (Å²) in [5, 5.41) is 32.0. The number of hydrogen-bond donors (Lipinski definition) is 4. The van der Waals surface area contributed by atoms with Crippen molar-refractivity contribution in [2.45, 2.75) is 0 Å². The Kier molecular flexibility index (Phi) is 5.76. The third kappa shape index (κ3) is 4.25. The summed E-state index contributed by atoms with van der Waals surface area (Å²) in [4.78, 5) is 20.5. The van der Waals surface area contributed by atoms with Crippen molar-refractivity contribution in [3.8, 4) is 0 Å². The molecule has 0 unspecified atom stereocenters. The zero-order valence-corrected chi connectivity index (χ0v) is 7.58. The zero-order valence-electron chi connectivity index (χ0n) is 7.58. The van der Waals surface area contributed by atoms with Gasteiger partial charge in [-0.25, -0.2) is 9.59 Å². The Morgan fingerprint density at radius 1 is 1.00 bits per heavy atom. The first-order chi connectivity index (χ1) is 7.04. The van der Waals surface area contributed by atoms with Crippen LogP contribution in [0.15, 0.2) is 16.9 Å². The summed E-state index contributed by atoms with van der Waals surface area (Å²) in [6, 6.07) is 0. The molecule has 0 saturated carbocycles. The molecule has 1 rings (SSSR count). The van der Waals surface area contributed by atoms with Gasteiger partial charge in [0.2, 0.25) is 0 Å². The van der Waals surface area contributed by atoms with Crippen molar-refractivity contribution in [2.24, 2.45) is 0 Å². The predicted molar refractivity (Wildman–Crippen MR) is 46.8 cm³/mol. The number of hydrogen-bond acceptors (Lipinski definition) is 5. The van der Waals surface area contributed by atoms with E-state index in [-0.39, 0.29) is 24.3 Å². The number of aliphatic hydroxyl groups is 2. The molecule has 1 aromatic heterocycles. The van der Waals surface area contributed by atoms with Crippen LogP contribution in [-0.4, -0.2) is 45.6 Å². The van der Waals surface area contributed by atoms with Gasteiger partial charge in [-0.1, -0.05) is 0 Å². The molecule has 1 heterocycles. The molecular weight excluding hydrogens is 208 g/mol. The van der Waals surface area contributed by atoms with Crippen LogP contribution in [0.1, 0.15) is 20.7 Å². The molecule has 0 spiro atoms. The lowest BCUT2D eigenvalue weighted by Crippen LogP contribution is -2.03. The third-order valence-electron chi connectivity index (χ3n) is 1.22. The monoisotopic (exact) mass is 218 g/mol. The first kappa shape index (κ1) is 13.1. The van der Waals surface area contributed by atoms with Crippen LogP contribution in [0.4, 0.5) is 0 Å². The summed E-state index contributed by atoms with van der Waals surface area (Å²) < 4.78 is 4.41. The second kappa shape index (κ2) is 6.57. The van der Waals surface area contributed by atoms with Crippen molar-refractivity contribution >= 4 is 11.9 Å². The highest BCUT2D eigenvalue weighted by atomic mass is 16.4. The molecule has 4 N–H and O–H groups in total. The predicted octanol–water partition coefficient (Wildman–Crippen LogP) is -0.353. The number of rotatable bonds is 3. The van der Waals surface area contributed by atoms with E-state index in [1.807, 2.05) is 0 Å². The minimum atomic E-state index is -1.31. The van der Waals surface area contributed by atoms with Crippen molar-refractivity contribution in [1.82, 2.24) is 0 Å². The van der Waals surface area contributed by atoms with Crippen molar-refractivity contribution in [1.29, 1.82) is 0 Å². The van der Waals surface area contributed by atoms with Crippen LogP contribution in [0.25, 0.3) is 0 Å². The zero-order chi connectivity index (χ0) is 11.8. The van der Waals surface area contributed by atoms with Crippen LogP contribution >= 0.6 is 0 Å². The molecule has 0 radical (unpaired) electrons. The highest BCUT2D eigenvalue weighted by Crippen LogP contribution is 2.09. The van der Waals surface area contributed by atoms with Gasteiger partial charge >= 0.3 is 11.9 Å². The lowest BCUT2D eigenvalue weighted by molar-refractivity contribution is 0.0653. The van der Waals surface area contributed by atoms with Crippen molar-refractivity contribution in [2.75, 3.05) is 13.2 Å². The molecule has 0 saturated heterocycles. The van der Waals surface area contributed by atoms with Crippen LogP contribution in [0.5, 0.6) is 0 Å². The molecule has 0 aliphatic rings. The Hall–Kier alpha value is -1.86. The third-order valence-corrected chi connectivity index (χ3v) is 1.22. The van der Waals surface area contributed by atoms with Crippen LogP contribution < -0.4 is 0 Å². The minimum absolute atomic E-state index is 0.125. The van der Waals surface area contributed by atoms with Gasteiger partial charge in [0, 0.05) is 0 Å². The normalized spacial score (nSPS) is 8.93. The molecule has 84 valence electrons. The topological polar surface area (TPSA) is 128 Å². The SMILES string of the molecule is O=C(O)c1cocc1C(=O)O.OCCO. The molecule has 0 fully saturated rings. The van der Waals surface area contributed by atoms with E-state index in [2.05, 4.69) is 4.42 Å². The molecule has 1 aromatic rings. The molecule has 0 amide bonds. The summed E-state index contributed by atoms with van der Waals surface area (Å²) in [5.74, 6) is -2.62. The first-order valence-corrected chi connectivity index (χ1v) is 3.79. The Balaban J connectivity index is 0.000000423. The van der Waals surface area contributed by atoms with E-state index >= 15 is 0 Å². The molecule has 0 aromatic carbocycles. The lowest BCUT2D eigenvalue weighted by Gasteiger charge is -1.88. The number of carboxylic acid groups (broad SMARTS) is 2. The van der Waals surface area contributed by atoms with E-state index in [9.17, 15) is 9.59 Å². The van der Waals surface area contributed by atoms with Crippen molar-refractivity contribution < 1.29 is 34.4 Å². The summed E-state index contributed by atoms with van der Waals surface area (Å²) in [5.41, 5.74) is -0.671. The molecule has 15 heavy (non-hydrogen) atoms. The van der Waals surface area contributed by atoms with E-state index in [1.54, 1.807) is 0 Å². The lowest BCUT2D eigenvalue weighted by atomic mass is 10.2. The summed E-state index contributed by atoms with van der Waals surface area (Å²) >= 11 is 0. The van der Waals surface area contributed by atoms with Gasteiger partial charge in [0.25, 0.3) is 0 Å². The maximum Gasteiger partial charge on any atom is 0.339 e. The number of carbonyl (C=O) groups is 2. The van der Waals surface area contributed by atoms with Crippen LogP contribution in [0.2, 0.25) is 0 Å². The summed E-state index contributed by atoms with van der Waals surface area (Å²) in [6.07, 6.45) is 1.76. The van der Waals surface area contributed by atoms with Gasteiger partial charge in [-0.2, -0.15) is 0 Å². The van der Waals surface area contributed by atoms with Gasteiger partial charge < -0.3 is 24.8 Å². The molecule has 7 nitrogen and oxygen atoms in total. The Morgan fingerprint density at radius 3 is 1.53 bits per heavy atom. The van der Waals surface area contributed by atoms with Gasteiger partial charge in [0.1, 0.15) is 23.7 Å². The van der Waals surface area contributed by atoms with E-state index in [1.165, 1.54) is 0 Å². The van der Waals surface area contributed by atoms with Gasteiger partial charge in [0.05, 0.1) is 13.2 Å². The quantitative estimate of drug-likeness (QED) is 0.545. The average molecular weight is 218 g/mol. The molecule has 0 atom stereocenters. The highest BCUT2D eigenvalue weighted by molar-refractivity contribution is 6.01. The Labute approximate surface area is 84.2 Å². The fraction of sp³-hybridized carbons (Fsp3) is 0.250. The first-order valence-electron chi connectivity index (χ1n) is 3.79. The number of carboxylic acids is 2. The second-order valence-corrected chi connectivity index (χ2v) is 2.26. The van der Waals surface area contributed by atoms with E-state index in [4.69, 9.17) is 20.4 Å². The smallest absolute Gasteiger partial charge is 0.339 e. The van der Waals surface area contributed by atoms with Gasteiger partial charge in [0.15, 0.2) is 0 Å². The second-order valence-electron chi connectivity index (χ2n) is 2.26. The number of furan rings is 1. The largest absolute Gasteiger partial charge is 0.478 e. The summed E-state index contributed by atoms with van der Waals surface area (Å²) in [6.45, 7) is -0.250. The van der Waals surface area contributed by atoms with Crippen molar-refractivity contribution in [3.63, 3.8) is 0 Å². The Bertz CT molecular complexity index is 297. The van der Waals surface area contributed by atoms with Gasteiger partial charge in [-0.15, -0.1) is 0 Å². The number of aromatic carboxylic acids is 2. The van der Waals surface area contributed by atoms with Crippen LogP contribution in [-0.2, 0) is 0 Å². The molecule has 0 bridgehead atoms. The van der Waals surface area contributed by atoms with Gasteiger partial charge in [-0.3, -0.25) is 0 Å². The minimum Gasteiger partial charge on any atom is -0.478 e. The maximum absolute atomic E-state index is 10.3. The van der Waals surface area contributed by atoms with E-state index in [0.29, 0.717) is 0 Å². The average Bonchev–Trinajstić information content (AvgIpc) is 2.66.